The standard InChI is InChI=1S/C15H25N5O2S/c1-5-18-6-8-19(9-7-18)20-11-13(22-17-20)16-14(23)10-12(21)15(2,3)4/h11H,5-10H2,1-4H3/p+1. The van der Waals surface area contributed by atoms with Gasteiger partial charge in [-0.25, -0.2) is 0 Å². The number of hydrogen-bond acceptors (Lipinski definition) is 6. The second-order valence-electron chi connectivity index (χ2n) is 6.77. The quantitative estimate of drug-likeness (QED) is 0.633. The van der Waals surface area contributed by atoms with Crippen LogP contribution in [0.2, 0.25) is 0 Å². The molecule has 0 bridgehead atoms. The van der Waals surface area contributed by atoms with Crippen LogP contribution < -0.4 is 15.1 Å². The highest BCUT2D eigenvalue weighted by molar-refractivity contribution is 7.80. The molecule has 1 aromatic rings. The summed E-state index contributed by atoms with van der Waals surface area (Å²) in [5.74, 6) is 0.549. The minimum Gasteiger partial charge on any atom is -0.313 e. The Bertz CT molecular complexity index is 558. The molecule has 0 aliphatic carbocycles. The van der Waals surface area contributed by atoms with Crippen molar-refractivity contribution in [3.05, 3.63) is 6.20 Å². The number of Topliss-reactive ketones (excluding diaryl/α,β-unsaturated/α-hetero) is 1. The highest BCUT2D eigenvalue weighted by Gasteiger charge is 2.26. The summed E-state index contributed by atoms with van der Waals surface area (Å²) < 4.78 is 5.26. The van der Waals surface area contributed by atoms with Crippen molar-refractivity contribution in [2.75, 3.05) is 43.0 Å². The average Bonchev–Trinajstić information content (AvgIpc) is 2.94. The number of piperazine rings is 1. The molecule has 2 heterocycles. The van der Waals surface area contributed by atoms with Crippen molar-refractivity contribution in [1.82, 2.24) is 10.2 Å². The van der Waals surface area contributed by atoms with Crippen molar-refractivity contribution in [3.63, 3.8) is 0 Å². The van der Waals surface area contributed by atoms with Crippen LogP contribution in [0.4, 0.5) is 5.88 Å². The maximum atomic E-state index is 12.0. The SMILES string of the molecule is CCN1CCN([n+]2cc(NC(=S)CC(=O)C(C)(C)C)on2)CC1. The van der Waals surface area contributed by atoms with Crippen molar-refractivity contribution in [1.29, 1.82) is 0 Å². The first-order chi connectivity index (χ1) is 10.8. The van der Waals surface area contributed by atoms with E-state index in [-0.39, 0.29) is 12.2 Å². The zero-order valence-electron chi connectivity index (χ0n) is 14.3. The Kier molecular flexibility index (Phi) is 5.69. The van der Waals surface area contributed by atoms with E-state index in [1.165, 1.54) is 0 Å². The van der Waals surface area contributed by atoms with E-state index in [1.807, 2.05) is 20.8 Å². The van der Waals surface area contributed by atoms with Crippen LogP contribution in [0.3, 0.4) is 0 Å². The molecule has 0 radical (unpaired) electrons. The van der Waals surface area contributed by atoms with Gasteiger partial charge in [-0.2, -0.15) is 5.01 Å². The first-order valence-corrected chi connectivity index (χ1v) is 8.40. The van der Waals surface area contributed by atoms with Crippen LogP contribution in [0, 0.1) is 5.41 Å². The third-order valence-corrected chi connectivity index (χ3v) is 4.21. The van der Waals surface area contributed by atoms with E-state index < -0.39 is 5.41 Å². The Hall–Kier alpha value is -1.54. The van der Waals surface area contributed by atoms with Gasteiger partial charge in [0.15, 0.2) is 0 Å². The fourth-order valence-corrected chi connectivity index (χ4v) is 2.51. The van der Waals surface area contributed by atoms with Crippen LogP contribution in [0.25, 0.3) is 0 Å². The molecule has 128 valence electrons. The third-order valence-electron chi connectivity index (χ3n) is 3.96. The van der Waals surface area contributed by atoms with Crippen LogP contribution in [-0.2, 0) is 4.79 Å². The molecule has 0 spiro atoms. The van der Waals surface area contributed by atoms with Gasteiger partial charge in [-0.1, -0.05) is 39.9 Å². The Balaban J connectivity index is 1.87. The second-order valence-corrected chi connectivity index (χ2v) is 7.27. The van der Waals surface area contributed by atoms with Gasteiger partial charge in [-0.15, -0.1) is 0 Å². The summed E-state index contributed by atoms with van der Waals surface area (Å²) in [6.45, 7) is 12.7. The van der Waals surface area contributed by atoms with Crippen molar-refractivity contribution >= 4 is 28.9 Å². The summed E-state index contributed by atoms with van der Waals surface area (Å²) in [5.41, 5.74) is -0.397. The number of ketones is 1. The highest BCUT2D eigenvalue weighted by atomic mass is 32.1. The Morgan fingerprint density at radius 2 is 2.04 bits per heavy atom. The Labute approximate surface area is 142 Å². The first kappa shape index (κ1) is 17.8. The van der Waals surface area contributed by atoms with Crippen molar-refractivity contribution in [2.45, 2.75) is 34.1 Å². The average molecular weight is 340 g/mol. The second kappa shape index (κ2) is 7.35. The van der Waals surface area contributed by atoms with Crippen LogP contribution in [0.1, 0.15) is 34.1 Å². The summed E-state index contributed by atoms with van der Waals surface area (Å²) >= 11 is 5.23. The molecule has 23 heavy (non-hydrogen) atoms. The number of nitrogens with one attached hydrogen (secondary N) is 1. The van der Waals surface area contributed by atoms with Gasteiger partial charge in [0.25, 0.3) is 6.20 Å². The van der Waals surface area contributed by atoms with E-state index in [4.69, 9.17) is 16.7 Å². The zero-order valence-corrected chi connectivity index (χ0v) is 15.2. The minimum atomic E-state index is -0.397. The summed E-state index contributed by atoms with van der Waals surface area (Å²) in [7, 11) is 0. The van der Waals surface area contributed by atoms with E-state index in [2.05, 4.69) is 27.4 Å². The molecule has 2 rings (SSSR count). The lowest BCUT2D eigenvalue weighted by Gasteiger charge is -2.28. The number of anilines is 1. The molecule has 0 atom stereocenters. The topological polar surface area (TPSA) is 65.5 Å². The molecule has 8 heteroatoms. The molecular formula is C15H26N5O2S+. The van der Waals surface area contributed by atoms with Gasteiger partial charge < -0.3 is 5.32 Å². The van der Waals surface area contributed by atoms with Crippen molar-refractivity contribution in [2.24, 2.45) is 5.41 Å². The van der Waals surface area contributed by atoms with Crippen molar-refractivity contribution < 1.29 is 14.1 Å². The van der Waals surface area contributed by atoms with Gasteiger partial charge in [0, 0.05) is 18.5 Å². The summed E-state index contributed by atoms with van der Waals surface area (Å²) in [6.07, 6.45) is 1.96. The Morgan fingerprint density at radius 3 is 2.61 bits per heavy atom. The van der Waals surface area contributed by atoms with Crippen LogP contribution in [0.5, 0.6) is 0 Å². The van der Waals surface area contributed by atoms with Gasteiger partial charge in [0.1, 0.15) is 5.78 Å². The van der Waals surface area contributed by atoms with E-state index in [0.717, 1.165) is 32.7 Å². The number of hydrogen-bond donors (Lipinski definition) is 1. The number of thiocarbonyl (C=S) groups is 1. The number of carbonyl (C=O) groups is 1. The maximum Gasteiger partial charge on any atom is 0.304 e. The van der Waals surface area contributed by atoms with E-state index >= 15 is 0 Å². The third kappa shape index (κ3) is 4.97. The van der Waals surface area contributed by atoms with E-state index in [1.54, 1.807) is 11.0 Å². The fraction of sp³-hybridized carbons (Fsp3) is 0.733. The molecule has 1 aromatic heterocycles. The number of likely N-dealkylation sites (N-methyl/N-ethyl adjacent to an activating group) is 1. The number of aromatic nitrogens is 2. The molecule has 1 aliphatic rings. The molecule has 7 nitrogen and oxygen atoms in total. The zero-order chi connectivity index (χ0) is 17.0. The molecule has 0 aromatic carbocycles. The summed E-state index contributed by atoms with van der Waals surface area (Å²) in [5, 5.41) is 9.08. The van der Waals surface area contributed by atoms with Crippen LogP contribution in [0.15, 0.2) is 10.7 Å². The van der Waals surface area contributed by atoms with Crippen LogP contribution in [-0.4, -0.2) is 53.7 Å². The number of carbonyl (C=O) groups excluding carboxylic acids is 1. The van der Waals surface area contributed by atoms with Crippen molar-refractivity contribution in [3.8, 4) is 0 Å². The smallest absolute Gasteiger partial charge is 0.304 e. The van der Waals surface area contributed by atoms with Gasteiger partial charge in [0.2, 0.25) is 5.27 Å². The van der Waals surface area contributed by atoms with Gasteiger partial charge in [-0.3, -0.25) is 14.2 Å². The minimum absolute atomic E-state index is 0.0954. The predicted octanol–water partition coefficient (Wildman–Crippen LogP) is 0.980. The van der Waals surface area contributed by atoms with E-state index in [0.29, 0.717) is 10.9 Å². The molecule has 0 amide bonds. The molecule has 1 fully saturated rings. The molecule has 0 saturated carbocycles. The Morgan fingerprint density at radius 1 is 1.39 bits per heavy atom. The first-order valence-electron chi connectivity index (χ1n) is 7.99. The van der Waals surface area contributed by atoms with Gasteiger partial charge >= 0.3 is 5.88 Å². The highest BCUT2D eigenvalue weighted by Crippen LogP contribution is 2.17. The molecule has 1 N–H and O–H groups in total. The summed E-state index contributed by atoms with van der Waals surface area (Å²) in [6, 6.07) is 0. The molecule has 0 unspecified atom stereocenters. The lowest BCUT2D eigenvalue weighted by molar-refractivity contribution is -0.759. The predicted molar refractivity (Wildman–Crippen MR) is 92.1 cm³/mol. The number of rotatable bonds is 5. The monoisotopic (exact) mass is 340 g/mol. The number of nitrogens with zero attached hydrogens (tertiary/aromatic N) is 4. The lowest BCUT2D eigenvalue weighted by atomic mass is 9.89. The summed E-state index contributed by atoms with van der Waals surface area (Å²) in [4.78, 5) is 16.5. The van der Waals surface area contributed by atoms with E-state index in [9.17, 15) is 4.79 Å². The normalized spacial score (nSPS) is 16.4. The molecule has 1 saturated heterocycles. The van der Waals surface area contributed by atoms with Gasteiger partial charge in [0.05, 0.1) is 29.3 Å². The molecular weight excluding hydrogens is 314 g/mol. The van der Waals surface area contributed by atoms with Gasteiger partial charge in [-0.05, 0) is 6.54 Å². The molecule has 1 aliphatic heterocycles. The van der Waals surface area contributed by atoms with Crippen LogP contribution >= 0.6 is 12.2 Å². The lowest BCUT2D eigenvalue weighted by Crippen LogP contribution is -2.65. The maximum absolute atomic E-state index is 12.0. The fourth-order valence-electron chi connectivity index (χ4n) is 2.28. The largest absolute Gasteiger partial charge is 0.313 e.